The maximum absolute atomic E-state index is 11.1. The summed E-state index contributed by atoms with van der Waals surface area (Å²) in [6.07, 6.45) is -0.750. The molecule has 0 bridgehead atoms. The molecule has 0 aliphatic heterocycles. The van der Waals surface area contributed by atoms with Crippen LogP contribution in [-0.4, -0.2) is 20.7 Å². The molecule has 0 aliphatic rings. The zero-order valence-electron chi connectivity index (χ0n) is 10.1. The van der Waals surface area contributed by atoms with E-state index >= 15 is 0 Å². The van der Waals surface area contributed by atoms with Gasteiger partial charge in [0.05, 0.1) is 4.90 Å². The van der Waals surface area contributed by atoms with E-state index in [2.05, 4.69) is 0 Å². The summed E-state index contributed by atoms with van der Waals surface area (Å²) < 4.78 is 32.4. The van der Waals surface area contributed by atoms with E-state index in [-0.39, 0.29) is 4.90 Å². The summed E-state index contributed by atoms with van der Waals surface area (Å²) in [7, 11) is 1.46. The molecule has 100 valence electrons. The summed E-state index contributed by atoms with van der Waals surface area (Å²) in [5, 5.41) is 0. The van der Waals surface area contributed by atoms with Gasteiger partial charge >= 0.3 is 5.97 Å². The van der Waals surface area contributed by atoms with Gasteiger partial charge in [0.15, 0.2) is 0 Å². The van der Waals surface area contributed by atoms with Crippen molar-refractivity contribution in [1.82, 2.24) is 0 Å². The minimum absolute atomic E-state index is 0.00541. The van der Waals surface area contributed by atoms with Crippen molar-refractivity contribution in [3.8, 4) is 5.75 Å². The second-order valence-corrected chi connectivity index (χ2v) is 6.23. The molecule has 0 aromatic heterocycles. The van der Waals surface area contributed by atoms with Gasteiger partial charge in [0, 0.05) is 24.5 Å². The molecule has 1 unspecified atom stereocenters. The van der Waals surface area contributed by atoms with Crippen LogP contribution in [0.4, 0.5) is 0 Å². The normalized spacial score (nSPS) is 12.9. The first kappa shape index (κ1) is 14.8. The number of carbonyl (C=O) groups excluding carboxylic acids is 1. The van der Waals surface area contributed by atoms with Crippen LogP contribution in [-0.2, 0) is 18.6 Å². The van der Waals surface area contributed by atoms with Gasteiger partial charge in [0.2, 0.25) is 6.29 Å². The first-order valence-corrected chi connectivity index (χ1v) is 7.40. The third-order valence-corrected chi connectivity index (χ3v) is 3.40. The largest absolute Gasteiger partial charge is 0.455 e. The van der Waals surface area contributed by atoms with Crippen molar-refractivity contribution < 1.29 is 22.7 Å². The predicted octanol–water partition coefficient (Wildman–Crippen LogP) is 2.21. The van der Waals surface area contributed by atoms with Crippen molar-refractivity contribution in [1.29, 1.82) is 0 Å². The number of rotatable bonds is 4. The molecule has 1 atom stereocenters. The molecule has 0 saturated heterocycles. The average Bonchev–Trinajstić information content (AvgIpc) is 2.18. The highest BCUT2D eigenvalue weighted by atomic mass is 35.7. The standard InChI is InChI=1S/C11H13ClO5S/c1-7-6-10(18(12,14)15)4-5-11(7)17-9(3)16-8(2)13/h4-6,9H,1-3H3. The van der Waals surface area contributed by atoms with Crippen LogP contribution in [0.25, 0.3) is 0 Å². The molecular weight excluding hydrogens is 280 g/mol. The molecule has 7 heteroatoms. The quantitative estimate of drug-likeness (QED) is 0.483. The van der Waals surface area contributed by atoms with Crippen LogP contribution >= 0.6 is 10.7 Å². The fourth-order valence-electron chi connectivity index (χ4n) is 1.34. The van der Waals surface area contributed by atoms with E-state index in [1.165, 1.54) is 25.1 Å². The Bertz CT molecular complexity index is 553. The second kappa shape index (κ2) is 5.58. The summed E-state index contributed by atoms with van der Waals surface area (Å²) in [4.78, 5) is 10.7. The third kappa shape index (κ3) is 4.19. The highest BCUT2D eigenvalue weighted by Gasteiger charge is 2.14. The van der Waals surface area contributed by atoms with Crippen LogP contribution in [0.15, 0.2) is 23.1 Å². The van der Waals surface area contributed by atoms with E-state index in [0.29, 0.717) is 11.3 Å². The average molecular weight is 293 g/mol. The minimum Gasteiger partial charge on any atom is -0.455 e. The van der Waals surface area contributed by atoms with Gasteiger partial charge in [-0.05, 0) is 30.7 Å². The van der Waals surface area contributed by atoms with Gasteiger partial charge in [-0.1, -0.05) is 0 Å². The lowest BCUT2D eigenvalue weighted by molar-refractivity contribution is -0.158. The molecule has 0 heterocycles. The lowest BCUT2D eigenvalue weighted by Crippen LogP contribution is -2.19. The number of halogens is 1. The zero-order valence-corrected chi connectivity index (χ0v) is 11.7. The Kier molecular flexibility index (Phi) is 4.59. The van der Waals surface area contributed by atoms with Gasteiger partial charge < -0.3 is 9.47 Å². The molecule has 5 nitrogen and oxygen atoms in total. The Morgan fingerprint density at radius 2 is 2.00 bits per heavy atom. The van der Waals surface area contributed by atoms with E-state index in [9.17, 15) is 13.2 Å². The Labute approximate surface area is 110 Å². The Hall–Kier alpha value is -1.27. The SMILES string of the molecule is CC(=O)OC(C)Oc1ccc(S(=O)(=O)Cl)cc1C. The number of ether oxygens (including phenoxy) is 2. The Morgan fingerprint density at radius 3 is 2.44 bits per heavy atom. The molecule has 0 radical (unpaired) electrons. The van der Waals surface area contributed by atoms with E-state index < -0.39 is 21.3 Å². The molecule has 1 aromatic rings. The van der Waals surface area contributed by atoms with Crippen LogP contribution in [0, 0.1) is 6.92 Å². The number of esters is 1. The number of carbonyl (C=O) groups is 1. The molecule has 18 heavy (non-hydrogen) atoms. The van der Waals surface area contributed by atoms with Gasteiger partial charge in [0.1, 0.15) is 5.75 Å². The highest BCUT2D eigenvalue weighted by Crippen LogP contribution is 2.24. The number of benzene rings is 1. The smallest absolute Gasteiger partial charge is 0.305 e. The Morgan fingerprint density at radius 1 is 1.39 bits per heavy atom. The lowest BCUT2D eigenvalue weighted by atomic mass is 10.2. The van der Waals surface area contributed by atoms with Crippen molar-refractivity contribution in [2.24, 2.45) is 0 Å². The number of hydrogen-bond acceptors (Lipinski definition) is 5. The van der Waals surface area contributed by atoms with Gasteiger partial charge in [-0.3, -0.25) is 4.79 Å². The predicted molar refractivity (Wildman–Crippen MR) is 66.1 cm³/mol. The van der Waals surface area contributed by atoms with Crippen molar-refractivity contribution in [3.05, 3.63) is 23.8 Å². The van der Waals surface area contributed by atoms with Gasteiger partial charge in [0.25, 0.3) is 9.05 Å². The maximum Gasteiger partial charge on any atom is 0.305 e. The first-order valence-electron chi connectivity index (χ1n) is 5.09. The summed E-state index contributed by atoms with van der Waals surface area (Å²) in [5.41, 5.74) is 0.579. The molecule has 0 saturated carbocycles. The van der Waals surface area contributed by atoms with E-state index in [4.69, 9.17) is 20.2 Å². The summed E-state index contributed by atoms with van der Waals surface area (Å²) >= 11 is 0. The summed E-state index contributed by atoms with van der Waals surface area (Å²) in [6.45, 7) is 4.50. The van der Waals surface area contributed by atoms with Gasteiger partial charge in [-0.2, -0.15) is 0 Å². The fraction of sp³-hybridized carbons (Fsp3) is 0.364. The van der Waals surface area contributed by atoms with Crippen molar-refractivity contribution >= 4 is 25.7 Å². The monoisotopic (exact) mass is 292 g/mol. The molecule has 1 aromatic carbocycles. The van der Waals surface area contributed by atoms with E-state index in [0.717, 1.165) is 0 Å². The lowest BCUT2D eigenvalue weighted by Gasteiger charge is -2.16. The fourth-order valence-corrected chi connectivity index (χ4v) is 2.18. The highest BCUT2D eigenvalue weighted by molar-refractivity contribution is 8.13. The van der Waals surface area contributed by atoms with Gasteiger partial charge in [-0.25, -0.2) is 8.42 Å². The van der Waals surface area contributed by atoms with E-state index in [1.807, 2.05) is 0 Å². The topological polar surface area (TPSA) is 69.7 Å². The molecule has 0 N–H and O–H groups in total. The number of aryl methyl sites for hydroxylation is 1. The van der Waals surface area contributed by atoms with Crippen LogP contribution < -0.4 is 4.74 Å². The molecule has 0 amide bonds. The van der Waals surface area contributed by atoms with Gasteiger partial charge in [-0.15, -0.1) is 0 Å². The third-order valence-electron chi connectivity index (χ3n) is 2.05. The molecule has 1 rings (SSSR count). The van der Waals surface area contributed by atoms with Crippen molar-refractivity contribution in [3.63, 3.8) is 0 Å². The molecule has 0 aliphatic carbocycles. The van der Waals surface area contributed by atoms with Crippen LogP contribution in [0.5, 0.6) is 5.75 Å². The van der Waals surface area contributed by atoms with Crippen molar-refractivity contribution in [2.75, 3.05) is 0 Å². The van der Waals surface area contributed by atoms with Crippen molar-refractivity contribution in [2.45, 2.75) is 32.0 Å². The molecule has 0 spiro atoms. The minimum atomic E-state index is -3.76. The first-order chi connectivity index (χ1) is 8.20. The summed E-state index contributed by atoms with van der Waals surface area (Å²) in [5.74, 6) is -0.0343. The molecule has 0 fully saturated rings. The van der Waals surface area contributed by atoms with Crippen LogP contribution in [0.2, 0.25) is 0 Å². The van der Waals surface area contributed by atoms with E-state index in [1.54, 1.807) is 13.8 Å². The maximum atomic E-state index is 11.1. The summed E-state index contributed by atoms with van der Waals surface area (Å²) in [6, 6.07) is 4.17. The van der Waals surface area contributed by atoms with Crippen LogP contribution in [0.1, 0.15) is 19.4 Å². The number of hydrogen-bond donors (Lipinski definition) is 0. The zero-order chi connectivity index (χ0) is 13.9. The molecular formula is C11H13ClO5S. The van der Waals surface area contributed by atoms with Crippen LogP contribution in [0.3, 0.4) is 0 Å². The Balaban J connectivity index is 2.90. The second-order valence-electron chi connectivity index (χ2n) is 3.66.